The predicted octanol–water partition coefficient (Wildman–Crippen LogP) is 3.35. The van der Waals surface area contributed by atoms with E-state index in [1.165, 1.54) is 0 Å². The topological polar surface area (TPSA) is 75.7 Å². The smallest absolute Gasteiger partial charge is 0.247 e. The number of benzene rings is 2. The average Bonchev–Trinajstić information content (AvgIpc) is 2.61. The zero-order valence-electron chi connectivity index (χ0n) is 15.7. The summed E-state index contributed by atoms with van der Waals surface area (Å²) < 4.78 is 31.1. The van der Waals surface area contributed by atoms with Crippen LogP contribution in [0.25, 0.3) is 0 Å². The third-order valence-corrected chi connectivity index (χ3v) is 5.11. The molecule has 27 heavy (non-hydrogen) atoms. The molecule has 2 rings (SSSR count). The van der Waals surface area contributed by atoms with E-state index in [1.54, 1.807) is 61.5 Å². The van der Waals surface area contributed by atoms with Gasteiger partial charge in [0.05, 0.1) is 11.9 Å². The monoisotopic (exact) mass is 388 g/mol. The Morgan fingerprint density at radius 2 is 1.78 bits per heavy atom. The number of sulfonamides is 1. The van der Waals surface area contributed by atoms with Gasteiger partial charge in [0.15, 0.2) is 0 Å². The van der Waals surface area contributed by atoms with Crippen LogP contribution in [0, 0.1) is 6.92 Å². The van der Waals surface area contributed by atoms with Gasteiger partial charge in [0.2, 0.25) is 15.9 Å². The lowest BCUT2D eigenvalue weighted by atomic mass is 10.2. The van der Waals surface area contributed by atoms with Crippen molar-refractivity contribution < 1.29 is 17.9 Å². The third-order valence-electron chi connectivity index (χ3n) is 3.87. The lowest BCUT2D eigenvalue weighted by Crippen LogP contribution is -2.45. The largest absolute Gasteiger partial charge is 0.490 e. The third kappa shape index (κ3) is 5.59. The van der Waals surface area contributed by atoms with Gasteiger partial charge in [0.25, 0.3) is 0 Å². The molecular weight excluding hydrogens is 364 g/mol. The molecule has 6 nitrogen and oxygen atoms in total. The maximum Gasteiger partial charge on any atom is 0.247 e. The molecule has 0 aliphatic carbocycles. The summed E-state index contributed by atoms with van der Waals surface area (Å²) in [6, 6.07) is 12.9. The maximum absolute atomic E-state index is 12.6. The van der Waals surface area contributed by atoms with E-state index in [-0.39, 0.29) is 0 Å². The first-order valence-corrected chi connectivity index (χ1v) is 10.3. The molecule has 1 amide bonds. The molecule has 0 bridgehead atoms. The quantitative estimate of drug-likeness (QED) is 0.704. The molecule has 0 unspecified atom stereocenters. The van der Waals surface area contributed by atoms with E-state index in [4.69, 9.17) is 4.74 Å². The van der Waals surface area contributed by atoms with Crippen LogP contribution in [0.1, 0.15) is 12.5 Å². The Labute approximate surface area is 160 Å². The number of ether oxygens (including phenoxy) is 1. The van der Waals surface area contributed by atoms with Gasteiger partial charge in [0.1, 0.15) is 18.4 Å². The van der Waals surface area contributed by atoms with Crippen LogP contribution < -0.4 is 14.4 Å². The molecular formula is C20H24N2O4S. The second-order valence-electron chi connectivity index (χ2n) is 6.18. The lowest BCUT2D eigenvalue weighted by Gasteiger charge is -2.28. The van der Waals surface area contributed by atoms with Gasteiger partial charge in [0, 0.05) is 5.69 Å². The van der Waals surface area contributed by atoms with E-state index in [0.29, 0.717) is 23.7 Å². The highest BCUT2D eigenvalue weighted by molar-refractivity contribution is 7.92. The summed E-state index contributed by atoms with van der Waals surface area (Å²) in [5.41, 5.74) is 2.00. The molecule has 0 radical (unpaired) electrons. The van der Waals surface area contributed by atoms with Crippen molar-refractivity contribution in [3.05, 3.63) is 66.7 Å². The maximum atomic E-state index is 12.6. The minimum atomic E-state index is -3.64. The van der Waals surface area contributed by atoms with E-state index in [9.17, 15) is 13.2 Å². The van der Waals surface area contributed by atoms with Crippen LogP contribution in [0.5, 0.6) is 5.75 Å². The molecule has 7 heteroatoms. The van der Waals surface area contributed by atoms with E-state index in [2.05, 4.69) is 11.9 Å². The van der Waals surface area contributed by atoms with Crippen molar-refractivity contribution in [2.75, 3.05) is 22.5 Å². The number of nitrogens with one attached hydrogen (secondary N) is 1. The van der Waals surface area contributed by atoms with Crippen LogP contribution in [-0.4, -0.2) is 33.2 Å². The number of carbonyl (C=O) groups excluding carboxylic acids is 1. The van der Waals surface area contributed by atoms with Crippen molar-refractivity contribution >= 4 is 27.3 Å². The van der Waals surface area contributed by atoms with Gasteiger partial charge in [-0.3, -0.25) is 9.10 Å². The fourth-order valence-electron chi connectivity index (χ4n) is 2.54. The number of nitrogens with zero attached hydrogens (tertiary/aromatic N) is 1. The molecule has 2 aromatic carbocycles. The van der Waals surface area contributed by atoms with Crippen LogP contribution >= 0.6 is 0 Å². The van der Waals surface area contributed by atoms with Crippen LogP contribution in [0.2, 0.25) is 0 Å². The van der Waals surface area contributed by atoms with E-state index < -0.39 is 22.0 Å². The summed E-state index contributed by atoms with van der Waals surface area (Å²) in [6.45, 7) is 7.44. The van der Waals surface area contributed by atoms with Crippen molar-refractivity contribution in [3.63, 3.8) is 0 Å². The Hall–Kier alpha value is -2.80. The fourth-order valence-corrected chi connectivity index (χ4v) is 3.71. The Kier molecular flexibility index (Phi) is 6.63. The van der Waals surface area contributed by atoms with Gasteiger partial charge >= 0.3 is 0 Å². The SMILES string of the molecule is C=CCOc1ccc(NC(=O)[C@H](C)N(c2ccc(C)cc2)S(C)(=O)=O)cc1. The molecule has 0 saturated carbocycles. The van der Waals surface area contributed by atoms with Gasteiger partial charge in [-0.15, -0.1) is 0 Å². The van der Waals surface area contributed by atoms with Crippen LogP contribution in [0.3, 0.4) is 0 Å². The normalized spacial score (nSPS) is 12.1. The molecule has 0 spiro atoms. The minimum Gasteiger partial charge on any atom is -0.490 e. The lowest BCUT2D eigenvalue weighted by molar-refractivity contribution is -0.116. The van der Waals surface area contributed by atoms with Crippen LogP contribution in [0.4, 0.5) is 11.4 Å². The number of aryl methyl sites for hydroxylation is 1. The van der Waals surface area contributed by atoms with Crippen molar-refractivity contribution in [1.29, 1.82) is 0 Å². The summed E-state index contributed by atoms with van der Waals surface area (Å²) in [7, 11) is -3.64. The number of rotatable bonds is 8. The predicted molar refractivity (Wildman–Crippen MR) is 109 cm³/mol. The number of carbonyl (C=O) groups is 1. The number of hydrogen-bond acceptors (Lipinski definition) is 4. The average molecular weight is 388 g/mol. The van der Waals surface area contributed by atoms with Gasteiger partial charge in [-0.2, -0.15) is 0 Å². The Balaban J connectivity index is 2.17. The number of amides is 1. The van der Waals surface area contributed by atoms with Gasteiger partial charge in [-0.1, -0.05) is 30.4 Å². The molecule has 2 aromatic rings. The molecule has 0 aromatic heterocycles. The Bertz CT molecular complexity index is 891. The molecule has 0 heterocycles. The fraction of sp³-hybridized carbons (Fsp3) is 0.250. The zero-order valence-corrected chi connectivity index (χ0v) is 16.5. The molecule has 0 aliphatic heterocycles. The molecule has 144 valence electrons. The molecule has 1 atom stereocenters. The zero-order chi connectivity index (χ0) is 20.0. The first-order chi connectivity index (χ1) is 12.7. The van der Waals surface area contributed by atoms with Crippen molar-refractivity contribution in [1.82, 2.24) is 0 Å². The summed E-state index contributed by atoms with van der Waals surface area (Å²) >= 11 is 0. The molecule has 0 saturated heterocycles. The van der Waals surface area contributed by atoms with E-state index in [1.807, 2.05) is 6.92 Å². The van der Waals surface area contributed by atoms with Crippen molar-refractivity contribution in [2.45, 2.75) is 19.9 Å². The van der Waals surface area contributed by atoms with Crippen LogP contribution in [-0.2, 0) is 14.8 Å². The molecule has 0 aliphatic rings. The molecule has 1 N–H and O–H groups in total. The highest BCUT2D eigenvalue weighted by Gasteiger charge is 2.29. The second kappa shape index (κ2) is 8.73. The minimum absolute atomic E-state index is 0.391. The summed E-state index contributed by atoms with van der Waals surface area (Å²) in [6.07, 6.45) is 2.73. The second-order valence-corrected chi connectivity index (χ2v) is 8.04. The first kappa shape index (κ1) is 20.5. The van der Waals surface area contributed by atoms with E-state index >= 15 is 0 Å². The standard InChI is InChI=1S/C20H24N2O4S/c1-5-14-26-19-12-8-17(9-13-19)21-20(23)16(3)22(27(4,24)25)18-10-6-15(2)7-11-18/h5-13,16H,1,14H2,2-4H3,(H,21,23)/t16-/m0/s1. The van der Waals surface area contributed by atoms with Crippen molar-refractivity contribution in [3.8, 4) is 5.75 Å². The molecule has 0 fully saturated rings. The van der Waals surface area contributed by atoms with Crippen molar-refractivity contribution in [2.24, 2.45) is 0 Å². The van der Waals surface area contributed by atoms with E-state index in [0.717, 1.165) is 16.1 Å². The van der Waals surface area contributed by atoms with Gasteiger partial charge < -0.3 is 10.1 Å². The van der Waals surface area contributed by atoms with Gasteiger partial charge in [-0.25, -0.2) is 8.42 Å². The summed E-state index contributed by atoms with van der Waals surface area (Å²) in [5, 5.41) is 2.74. The Morgan fingerprint density at radius 3 is 2.30 bits per heavy atom. The summed E-state index contributed by atoms with van der Waals surface area (Å²) in [4.78, 5) is 12.6. The number of anilines is 2. The number of hydrogen-bond donors (Lipinski definition) is 1. The first-order valence-electron chi connectivity index (χ1n) is 8.43. The summed E-state index contributed by atoms with van der Waals surface area (Å²) in [5.74, 6) is 0.221. The van der Waals surface area contributed by atoms with Gasteiger partial charge in [-0.05, 0) is 50.2 Å². The highest BCUT2D eigenvalue weighted by atomic mass is 32.2. The van der Waals surface area contributed by atoms with Crippen LogP contribution in [0.15, 0.2) is 61.2 Å². The Morgan fingerprint density at radius 1 is 1.19 bits per heavy atom. The highest BCUT2D eigenvalue weighted by Crippen LogP contribution is 2.22.